The maximum atomic E-state index is 13.2. The molecule has 0 aliphatic carbocycles. The van der Waals surface area contributed by atoms with Gasteiger partial charge in [-0.15, -0.1) is 6.58 Å². The summed E-state index contributed by atoms with van der Waals surface area (Å²) >= 11 is 0. The fraction of sp³-hybridized carbons (Fsp3) is 0.200. The van der Waals surface area contributed by atoms with Crippen LogP contribution in [0.1, 0.15) is 23.5 Å². The molecule has 114 valence electrons. The first kappa shape index (κ1) is 16.5. The Balaban J connectivity index is 2.46. The molecule has 0 aromatic heterocycles. The summed E-state index contributed by atoms with van der Waals surface area (Å²) < 4.78 is 13.2. The normalized spacial score (nSPS) is 12.0. The topological polar surface area (TPSA) is 47.6 Å². The summed E-state index contributed by atoms with van der Waals surface area (Å²) in [6.45, 7) is 3.74. The fourth-order valence-corrected chi connectivity index (χ4v) is 2.78. The highest BCUT2D eigenvalue weighted by Gasteiger charge is 2.40. The van der Waals surface area contributed by atoms with Crippen LogP contribution < -0.4 is 0 Å². The monoisotopic (exact) mass is 304 g/mol. The van der Waals surface area contributed by atoms with Crippen molar-refractivity contribution >= 4 is 0 Å². The maximum Gasteiger partial charge on any atom is 0.154 e. The highest BCUT2D eigenvalue weighted by molar-refractivity contribution is 5.34. The van der Waals surface area contributed by atoms with Crippen LogP contribution in [0.25, 0.3) is 0 Å². The zero-order chi connectivity index (χ0) is 16.7. The summed E-state index contributed by atoms with van der Waals surface area (Å²) in [6.07, 6.45) is 2.48. The third-order valence-corrected chi connectivity index (χ3v) is 3.99. The van der Waals surface area contributed by atoms with Crippen molar-refractivity contribution in [2.45, 2.75) is 18.8 Å². The van der Waals surface area contributed by atoms with Crippen LogP contribution in [0.5, 0.6) is 0 Å². The first-order valence-corrected chi connectivity index (χ1v) is 7.38. The number of allylic oxidation sites excluding steroid dienone is 1. The number of hydrogen-bond donors (Lipinski definition) is 0. The largest absolute Gasteiger partial charge is 0.207 e. The van der Waals surface area contributed by atoms with Crippen molar-refractivity contribution in [3.05, 3.63) is 84.2 Å². The number of nitrogens with zero attached hydrogens (tertiary/aromatic N) is 2. The molecule has 2 aromatic carbocycles. The Morgan fingerprint density at radius 2 is 1.65 bits per heavy atom. The average Bonchev–Trinajstić information content (AvgIpc) is 2.60. The second kappa shape index (κ2) is 7.38. The maximum absolute atomic E-state index is 13.2. The Morgan fingerprint density at radius 1 is 1.04 bits per heavy atom. The zero-order valence-corrected chi connectivity index (χ0v) is 12.7. The fourth-order valence-electron chi connectivity index (χ4n) is 2.78. The smallest absolute Gasteiger partial charge is 0.154 e. The van der Waals surface area contributed by atoms with E-state index in [1.165, 1.54) is 12.1 Å². The van der Waals surface area contributed by atoms with Crippen LogP contribution in [0.2, 0.25) is 0 Å². The van der Waals surface area contributed by atoms with Crippen molar-refractivity contribution < 1.29 is 4.39 Å². The molecule has 0 spiro atoms. The lowest BCUT2D eigenvalue weighted by Crippen LogP contribution is -2.28. The van der Waals surface area contributed by atoms with Gasteiger partial charge in [-0.05, 0) is 29.7 Å². The predicted octanol–water partition coefficient (Wildman–Crippen LogP) is 4.76. The molecular formula is C20H17FN2. The first-order valence-electron chi connectivity index (χ1n) is 7.38. The SMILES string of the molecule is C=CCC(c1ccc(F)cc1)C(C#N)(C#N)Cc1ccccc1. The highest BCUT2D eigenvalue weighted by Crippen LogP contribution is 2.41. The van der Waals surface area contributed by atoms with Gasteiger partial charge in [-0.3, -0.25) is 0 Å². The summed E-state index contributed by atoms with van der Waals surface area (Å²) in [5, 5.41) is 19.5. The van der Waals surface area contributed by atoms with E-state index in [1.807, 2.05) is 30.3 Å². The Kier molecular flexibility index (Phi) is 5.28. The summed E-state index contributed by atoms with van der Waals surface area (Å²) in [6, 6.07) is 19.9. The van der Waals surface area contributed by atoms with Crippen molar-refractivity contribution in [3.63, 3.8) is 0 Å². The van der Waals surface area contributed by atoms with Crippen LogP contribution in [-0.4, -0.2) is 0 Å². The molecule has 1 unspecified atom stereocenters. The second-order valence-corrected chi connectivity index (χ2v) is 5.49. The molecule has 2 nitrogen and oxygen atoms in total. The van der Waals surface area contributed by atoms with Crippen LogP contribution in [0.3, 0.4) is 0 Å². The average molecular weight is 304 g/mol. The third-order valence-electron chi connectivity index (χ3n) is 3.99. The van der Waals surface area contributed by atoms with E-state index >= 15 is 0 Å². The molecule has 0 fully saturated rings. The van der Waals surface area contributed by atoms with Gasteiger partial charge in [0, 0.05) is 12.3 Å². The van der Waals surface area contributed by atoms with Crippen molar-refractivity contribution in [3.8, 4) is 12.1 Å². The number of hydrogen-bond acceptors (Lipinski definition) is 2. The van der Waals surface area contributed by atoms with Crippen LogP contribution >= 0.6 is 0 Å². The molecule has 1 atom stereocenters. The quantitative estimate of drug-likeness (QED) is 0.722. The van der Waals surface area contributed by atoms with E-state index in [0.29, 0.717) is 12.8 Å². The molecule has 2 aromatic rings. The lowest BCUT2D eigenvalue weighted by molar-refractivity contribution is 0.407. The van der Waals surface area contributed by atoms with E-state index in [4.69, 9.17) is 0 Å². The zero-order valence-electron chi connectivity index (χ0n) is 12.7. The van der Waals surface area contributed by atoms with Gasteiger partial charge in [0.05, 0.1) is 12.1 Å². The van der Waals surface area contributed by atoms with Gasteiger partial charge >= 0.3 is 0 Å². The van der Waals surface area contributed by atoms with E-state index in [-0.39, 0.29) is 11.7 Å². The minimum atomic E-state index is -1.23. The van der Waals surface area contributed by atoms with E-state index in [0.717, 1.165) is 11.1 Å². The molecule has 0 N–H and O–H groups in total. The van der Waals surface area contributed by atoms with E-state index in [9.17, 15) is 14.9 Å². The van der Waals surface area contributed by atoms with Gasteiger partial charge in [0.15, 0.2) is 5.41 Å². The van der Waals surface area contributed by atoms with Gasteiger partial charge in [0.1, 0.15) is 5.82 Å². The minimum Gasteiger partial charge on any atom is -0.207 e. The molecule has 0 radical (unpaired) electrons. The highest BCUT2D eigenvalue weighted by atomic mass is 19.1. The molecule has 2 rings (SSSR count). The molecule has 0 bridgehead atoms. The standard InChI is InChI=1S/C20H17FN2/c1-2-6-19(17-9-11-18(21)12-10-17)20(14-22,15-23)13-16-7-4-3-5-8-16/h2-5,7-12,19H,1,6,13H2. The Bertz CT molecular complexity index is 722. The summed E-state index contributed by atoms with van der Waals surface area (Å²) in [4.78, 5) is 0. The molecule has 0 amide bonds. The molecular weight excluding hydrogens is 287 g/mol. The van der Waals surface area contributed by atoms with E-state index < -0.39 is 5.41 Å². The number of halogens is 1. The van der Waals surface area contributed by atoms with Gasteiger partial charge in [-0.2, -0.15) is 10.5 Å². The van der Waals surface area contributed by atoms with Crippen molar-refractivity contribution in [1.29, 1.82) is 10.5 Å². The van der Waals surface area contributed by atoms with Gasteiger partial charge in [-0.25, -0.2) is 4.39 Å². The summed E-state index contributed by atoms with van der Waals surface area (Å²) in [5.41, 5.74) is 0.463. The Labute approximate surface area is 136 Å². The molecule has 0 aliphatic rings. The van der Waals surface area contributed by atoms with Crippen LogP contribution in [0.4, 0.5) is 4.39 Å². The van der Waals surface area contributed by atoms with Gasteiger partial charge < -0.3 is 0 Å². The molecule has 3 heteroatoms. The van der Waals surface area contributed by atoms with E-state index in [2.05, 4.69) is 18.7 Å². The molecule has 23 heavy (non-hydrogen) atoms. The Morgan fingerprint density at radius 3 is 2.17 bits per heavy atom. The predicted molar refractivity (Wildman–Crippen MR) is 87.8 cm³/mol. The molecule has 0 saturated carbocycles. The van der Waals surface area contributed by atoms with Gasteiger partial charge in [0.2, 0.25) is 0 Å². The minimum absolute atomic E-state index is 0.316. The van der Waals surface area contributed by atoms with Crippen molar-refractivity contribution in [2.24, 2.45) is 5.41 Å². The van der Waals surface area contributed by atoms with Crippen LogP contribution in [-0.2, 0) is 6.42 Å². The second-order valence-electron chi connectivity index (χ2n) is 5.49. The number of benzene rings is 2. The summed E-state index contributed by atoms with van der Waals surface area (Å²) in [5.74, 6) is -0.704. The molecule has 0 aliphatic heterocycles. The van der Waals surface area contributed by atoms with Gasteiger partial charge in [-0.1, -0.05) is 48.5 Å². The van der Waals surface area contributed by atoms with E-state index in [1.54, 1.807) is 18.2 Å². The van der Waals surface area contributed by atoms with Crippen molar-refractivity contribution in [1.82, 2.24) is 0 Å². The number of nitriles is 2. The molecule has 0 saturated heterocycles. The Hall–Kier alpha value is -2.91. The lowest BCUT2D eigenvalue weighted by Gasteiger charge is -2.29. The summed E-state index contributed by atoms with van der Waals surface area (Å²) in [7, 11) is 0. The molecule has 0 heterocycles. The van der Waals surface area contributed by atoms with Gasteiger partial charge in [0.25, 0.3) is 0 Å². The van der Waals surface area contributed by atoms with Crippen LogP contribution in [0.15, 0.2) is 67.3 Å². The first-order chi connectivity index (χ1) is 11.1. The van der Waals surface area contributed by atoms with Crippen LogP contribution in [0, 0.1) is 33.9 Å². The third kappa shape index (κ3) is 3.65. The number of rotatable bonds is 6. The van der Waals surface area contributed by atoms with Crippen molar-refractivity contribution in [2.75, 3.05) is 0 Å². The lowest BCUT2D eigenvalue weighted by atomic mass is 9.69.